The Labute approximate surface area is 135 Å². The molecule has 2 aromatic heterocycles. The van der Waals surface area contributed by atoms with Gasteiger partial charge < -0.3 is 9.47 Å². The van der Waals surface area contributed by atoms with Crippen molar-refractivity contribution in [2.24, 2.45) is 0 Å². The maximum atomic E-state index is 9.02. The maximum Gasteiger partial charge on any atom is 0.226 e. The van der Waals surface area contributed by atoms with Crippen LogP contribution in [0.4, 0.5) is 5.95 Å². The Balaban J connectivity index is 1.57. The van der Waals surface area contributed by atoms with E-state index in [0.717, 1.165) is 38.9 Å². The Morgan fingerprint density at radius 1 is 1.17 bits per heavy atom. The molecule has 1 fully saturated rings. The third kappa shape index (κ3) is 2.67. The number of aromatic nitrogens is 4. The van der Waals surface area contributed by atoms with Crippen molar-refractivity contribution in [1.82, 2.24) is 19.5 Å². The molecule has 6 nitrogen and oxygen atoms in total. The number of hydrogen-bond donors (Lipinski definition) is 0. The van der Waals surface area contributed by atoms with E-state index >= 15 is 0 Å². The van der Waals surface area contributed by atoms with Crippen molar-refractivity contribution in [3.8, 4) is 6.07 Å². The average molecular weight is 308 g/mol. The van der Waals surface area contributed by atoms with E-state index in [1.165, 1.54) is 24.4 Å². The number of imidazole rings is 1. The molecule has 0 aliphatic carbocycles. The third-order valence-electron chi connectivity index (χ3n) is 4.86. The Hall–Kier alpha value is -2.42. The first-order chi connectivity index (χ1) is 11.3. The van der Waals surface area contributed by atoms with Gasteiger partial charge in [-0.25, -0.2) is 15.0 Å². The van der Waals surface area contributed by atoms with E-state index in [1.54, 1.807) is 12.3 Å². The van der Waals surface area contributed by atoms with Gasteiger partial charge in [0.2, 0.25) is 5.95 Å². The summed E-state index contributed by atoms with van der Waals surface area (Å²) in [6.45, 7) is 2.92. The second-order valence-corrected chi connectivity index (χ2v) is 6.36. The van der Waals surface area contributed by atoms with Gasteiger partial charge in [0.25, 0.3) is 0 Å². The summed E-state index contributed by atoms with van der Waals surface area (Å²) >= 11 is 0. The maximum absolute atomic E-state index is 9.02. The van der Waals surface area contributed by atoms with Crippen molar-refractivity contribution in [2.45, 2.75) is 44.6 Å². The molecular formula is C17H20N6. The third-order valence-corrected chi connectivity index (χ3v) is 4.86. The van der Waals surface area contributed by atoms with E-state index in [2.05, 4.69) is 31.7 Å². The average Bonchev–Trinajstić information content (AvgIpc) is 3.06. The smallest absolute Gasteiger partial charge is 0.226 e. The molecular weight excluding hydrogens is 288 g/mol. The molecule has 4 rings (SSSR count). The first kappa shape index (κ1) is 14.2. The zero-order valence-corrected chi connectivity index (χ0v) is 13.1. The van der Waals surface area contributed by atoms with Crippen molar-refractivity contribution < 1.29 is 0 Å². The predicted octanol–water partition coefficient (Wildman–Crippen LogP) is 2.27. The minimum atomic E-state index is 0.421. The highest BCUT2D eigenvalue weighted by atomic mass is 15.3. The van der Waals surface area contributed by atoms with Crippen LogP contribution >= 0.6 is 0 Å². The minimum absolute atomic E-state index is 0.421. The van der Waals surface area contributed by atoms with E-state index in [4.69, 9.17) is 10.2 Å². The standard InChI is InChI=1S/C17H20N6/c18-10-14-6-7-19-17(21-14)22-8-3-4-13(12-22)16-20-11-15-5-1-2-9-23(15)16/h6-7,11,13H,1-5,8-9,12H2. The summed E-state index contributed by atoms with van der Waals surface area (Å²) < 4.78 is 2.42. The van der Waals surface area contributed by atoms with Gasteiger partial charge in [0, 0.05) is 43.6 Å². The van der Waals surface area contributed by atoms with Gasteiger partial charge in [-0.15, -0.1) is 0 Å². The van der Waals surface area contributed by atoms with E-state index < -0.39 is 0 Å². The number of piperidine rings is 1. The molecule has 0 spiro atoms. The Morgan fingerprint density at radius 3 is 3.04 bits per heavy atom. The molecule has 0 radical (unpaired) electrons. The topological polar surface area (TPSA) is 70.6 Å². The van der Waals surface area contributed by atoms with Crippen molar-refractivity contribution in [3.63, 3.8) is 0 Å². The fraction of sp³-hybridized carbons (Fsp3) is 0.529. The van der Waals surface area contributed by atoms with Gasteiger partial charge in [-0.05, 0) is 38.2 Å². The number of nitrogens with zero attached hydrogens (tertiary/aromatic N) is 6. The molecule has 6 heteroatoms. The first-order valence-corrected chi connectivity index (χ1v) is 8.37. The molecule has 0 bridgehead atoms. The lowest BCUT2D eigenvalue weighted by Gasteiger charge is -2.33. The molecule has 0 saturated carbocycles. The van der Waals surface area contributed by atoms with Crippen molar-refractivity contribution >= 4 is 5.95 Å². The van der Waals surface area contributed by atoms with Crippen molar-refractivity contribution in [2.75, 3.05) is 18.0 Å². The lowest BCUT2D eigenvalue weighted by Crippen LogP contribution is -2.36. The van der Waals surface area contributed by atoms with Crippen LogP contribution in [0.25, 0.3) is 0 Å². The molecule has 1 saturated heterocycles. The molecule has 2 aromatic rings. The molecule has 1 atom stereocenters. The monoisotopic (exact) mass is 308 g/mol. The van der Waals surface area contributed by atoms with E-state index in [-0.39, 0.29) is 0 Å². The highest BCUT2D eigenvalue weighted by Gasteiger charge is 2.27. The Morgan fingerprint density at radius 2 is 2.13 bits per heavy atom. The van der Waals surface area contributed by atoms with E-state index in [9.17, 15) is 0 Å². The van der Waals surface area contributed by atoms with Crippen LogP contribution in [0.3, 0.4) is 0 Å². The van der Waals surface area contributed by atoms with Crippen molar-refractivity contribution in [3.05, 3.63) is 35.7 Å². The summed E-state index contributed by atoms with van der Waals surface area (Å²) in [5, 5.41) is 9.02. The fourth-order valence-electron chi connectivity index (χ4n) is 3.72. The number of nitriles is 1. The van der Waals surface area contributed by atoms with Gasteiger partial charge in [-0.3, -0.25) is 0 Å². The van der Waals surface area contributed by atoms with Gasteiger partial charge in [-0.2, -0.15) is 5.26 Å². The van der Waals surface area contributed by atoms with Crippen LogP contribution in [0.5, 0.6) is 0 Å². The van der Waals surface area contributed by atoms with Gasteiger partial charge in [-0.1, -0.05) is 0 Å². The second-order valence-electron chi connectivity index (χ2n) is 6.36. The van der Waals surface area contributed by atoms with Crippen LogP contribution in [0.2, 0.25) is 0 Å². The molecule has 118 valence electrons. The van der Waals surface area contributed by atoms with Gasteiger partial charge in [0.05, 0.1) is 0 Å². The lowest BCUT2D eigenvalue weighted by molar-refractivity contribution is 0.443. The van der Waals surface area contributed by atoms with E-state index in [0.29, 0.717) is 17.6 Å². The molecule has 4 heterocycles. The van der Waals surface area contributed by atoms with Crippen LogP contribution in [0.15, 0.2) is 18.5 Å². The molecule has 0 N–H and O–H groups in total. The van der Waals surface area contributed by atoms with Gasteiger partial charge >= 0.3 is 0 Å². The van der Waals surface area contributed by atoms with Crippen LogP contribution < -0.4 is 4.90 Å². The van der Waals surface area contributed by atoms with Crippen LogP contribution in [-0.2, 0) is 13.0 Å². The van der Waals surface area contributed by atoms with Gasteiger partial charge in [0.1, 0.15) is 17.6 Å². The zero-order chi connectivity index (χ0) is 15.6. The normalized spacial score (nSPS) is 20.8. The summed E-state index contributed by atoms with van der Waals surface area (Å²) in [7, 11) is 0. The number of aryl methyl sites for hydroxylation is 1. The highest BCUT2D eigenvalue weighted by molar-refractivity contribution is 5.35. The first-order valence-electron chi connectivity index (χ1n) is 8.37. The summed E-state index contributed by atoms with van der Waals surface area (Å²) in [6.07, 6.45) is 9.66. The van der Waals surface area contributed by atoms with Crippen LogP contribution in [-0.4, -0.2) is 32.6 Å². The summed E-state index contributed by atoms with van der Waals surface area (Å²) in [4.78, 5) is 15.6. The predicted molar refractivity (Wildman–Crippen MR) is 86.1 cm³/mol. The highest BCUT2D eigenvalue weighted by Crippen LogP contribution is 2.30. The molecule has 0 amide bonds. The van der Waals surface area contributed by atoms with E-state index in [1.807, 2.05) is 0 Å². The number of fused-ring (bicyclic) bond motifs is 1. The minimum Gasteiger partial charge on any atom is -0.340 e. The second kappa shape index (κ2) is 5.99. The Kier molecular flexibility index (Phi) is 3.70. The molecule has 23 heavy (non-hydrogen) atoms. The SMILES string of the molecule is N#Cc1ccnc(N2CCCC(c3ncc4n3CCCC4)C2)n1. The molecule has 1 unspecified atom stereocenters. The zero-order valence-electron chi connectivity index (χ0n) is 13.1. The van der Waals surface area contributed by atoms with Crippen LogP contribution in [0, 0.1) is 11.3 Å². The quantitative estimate of drug-likeness (QED) is 0.851. The number of hydrogen-bond acceptors (Lipinski definition) is 5. The van der Waals surface area contributed by atoms with Crippen LogP contribution in [0.1, 0.15) is 48.8 Å². The number of anilines is 1. The molecule has 2 aliphatic heterocycles. The van der Waals surface area contributed by atoms with Crippen molar-refractivity contribution in [1.29, 1.82) is 5.26 Å². The summed E-state index contributed by atoms with van der Waals surface area (Å²) in [5.41, 5.74) is 1.81. The lowest BCUT2D eigenvalue weighted by atomic mass is 9.97. The summed E-state index contributed by atoms with van der Waals surface area (Å²) in [6, 6.07) is 3.74. The molecule has 0 aromatic carbocycles. The summed E-state index contributed by atoms with van der Waals surface area (Å²) in [5.74, 6) is 2.31. The van der Waals surface area contributed by atoms with Gasteiger partial charge in [0.15, 0.2) is 0 Å². The Bertz CT molecular complexity index is 744. The number of rotatable bonds is 2. The molecule has 2 aliphatic rings. The largest absolute Gasteiger partial charge is 0.340 e. The fourth-order valence-corrected chi connectivity index (χ4v) is 3.72.